The van der Waals surface area contributed by atoms with Gasteiger partial charge in [0.1, 0.15) is 5.82 Å². The van der Waals surface area contributed by atoms with Gasteiger partial charge in [-0.2, -0.15) is 0 Å². The molecule has 28 heavy (non-hydrogen) atoms. The van der Waals surface area contributed by atoms with Gasteiger partial charge in [0.05, 0.1) is 12.1 Å². The molecule has 0 saturated carbocycles. The van der Waals surface area contributed by atoms with Crippen LogP contribution in [0.5, 0.6) is 0 Å². The summed E-state index contributed by atoms with van der Waals surface area (Å²) in [6, 6.07) is 13.6. The number of rotatable bonds is 5. The van der Waals surface area contributed by atoms with Crippen LogP contribution in [0.4, 0.5) is 5.82 Å². The summed E-state index contributed by atoms with van der Waals surface area (Å²) in [4.78, 5) is 27.7. The van der Waals surface area contributed by atoms with Gasteiger partial charge in [0, 0.05) is 43.4 Å². The van der Waals surface area contributed by atoms with Crippen molar-refractivity contribution in [1.29, 1.82) is 0 Å². The zero-order valence-corrected chi connectivity index (χ0v) is 15.5. The maximum atomic E-state index is 12.9. The van der Waals surface area contributed by atoms with Crippen molar-refractivity contribution in [3.8, 4) is 0 Å². The monoisotopic (exact) mass is 374 g/mol. The third kappa shape index (κ3) is 4.17. The summed E-state index contributed by atoms with van der Waals surface area (Å²) in [7, 11) is 0. The van der Waals surface area contributed by atoms with Crippen LogP contribution in [-0.2, 0) is 9.53 Å². The number of benzene rings is 1. The van der Waals surface area contributed by atoms with Crippen LogP contribution in [0.2, 0.25) is 0 Å². The largest absolute Gasteiger partial charge is 0.452 e. The quantitative estimate of drug-likeness (QED) is 0.638. The molecule has 0 radical (unpaired) electrons. The third-order valence-electron chi connectivity index (χ3n) is 5.03. The molecule has 3 heterocycles. The smallest absolute Gasteiger partial charge is 0.310 e. The van der Waals surface area contributed by atoms with E-state index in [4.69, 9.17) is 4.74 Å². The van der Waals surface area contributed by atoms with Gasteiger partial charge in [-0.05, 0) is 24.5 Å². The lowest BCUT2D eigenvalue weighted by molar-refractivity contribution is -0.153. The molecule has 1 aromatic carbocycles. The molecule has 1 fully saturated rings. The van der Waals surface area contributed by atoms with Crippen LogP contribution in [0.1, 0.15) is 30.1 Å². The van der Waals surface area contributed by atoms with Crippen LogP contribution in [0, 0.1) is 5.92 Å². The topological polar surface area (TPSA) is 68.2 Å². The van der Waals surface area contributed by atoms with E-state index in [0.29, 0.717) is 0 Å². The van der Waals surface area contributed by atoms with Crippen molar-refractivity contribution < 1.29 is 9.53 Å². The molecular formula is C22H22N4O2. The molecule has 1 atom stereocenters. The molecule has 3 aromatic rings. The Morgan fingerprint density at radius 3 is 2.36 bits per heavy atom. The average Bonchev–Trinajstić information content (AvgIpc) is 2.79. The first-order chi connectivity index (χ1) is 13.8. The van der Waals surface area contributed by atoms with Crippen LogP contribution in [-0.4, -0.2) is 34.0 Å². The zero-order valence-electron chi connectivity index (χ0n) is 15.5. The number of ether oxygens (including phenoxy) is 1. The van der Waals surface area contributed by atoms with Gasteiger partial charge in [0.15, 0.2) is 6.10 Å². The van der Waals surface area contributed by atoms with Crippen molar-refractivity contribution >= 4 is 11.8 Å². The summed E-state index contributed by atoms with van der Waals surface area (Å²) in [6.45, 7) is 1.53. The lowest BCUT2D eigenvalue weighted by atomic mass is 9.96. The minimum absolute atomic E-state index is 0.115. The Labute approximate surface area is 164 Å². The molecule has 1 aliphatic rings. The van der Waals surface area contributed by atoms with E-state index < -0.39 is 6.10 Å². The highest BCUT2D eigenvalue weighted by molar-refractivity contribution is 5.73. The van der Waals surface area contributed by atoms with Crippen molar-refractivity contribution in [2.75, 3.05) is 18.0 Å². The predicted molar refractivity (Wildman–Crippen MR) is 106 cm³/mol. The van der Waals surface area contributed by atoms with Gasteiger partial charge in [-0.3, -0.25) is 14.8 Å². The fourth-order valence-corrected chi connectivity index (χ4v) is 3.50. The number of esters is 1. The number of carbonyl (C=O) groups excluding carboxylic acids is 1. The summed E-state index contributed by atoms with van der Waals surface area (Å²) in [6.07, 6.45) is 9.61. The molecule has 0 bridgehead atoms. The lowest BCUT2D eigenvalue weighted by Crippen LogP contribution is -2.37. The Morgan fingerprint density at radius 2 is 1.68 bits per heavy atom. The number of carbonyl (C=O) groups is 1. The zero-order chi connectivity index (χ0) is 19.2. The highest BCUT2D eigenvalue weighted by Crippen LogP contribution is 2.29. The predicted octanol–water partition coefficient (Wildman–Crippen LogP) is 3.42. The van der Waals surface area contributed by atoms with Crippen molar-refractivity contribution in [2.45, 2.75) is 18.9 Å². The molecule has 1 saturated heterocycles. The summed E-state index contributed by atoms with van der Waals surface area (Å²) >= 11 is 0. The van der Waals surface area contributed by atoms with Gasteiger partial charge in [-0.25, -0.2) is 4.98 Å². The van der Waals surface area contributed by atoms with E-state index in [0.717, 1.165) is 42.9 Å². The van der Waals surface area contributed by atoms with Gasteiger partial charge < -0.3 is 9.64 Å². The van der Waals surface area contributed by atoms with Crippen molar-refractivity contribution in [3.05, 3.63) is 84.6 Å². The summed E-state index contributed by atoms with van der Waals surface area (Å²) < 4.78 is 5.98. The van der Waals surface area contributed by atoms with E-state index in [1.807, 2.05) is 42.5 Å². The second-order valence-electron chi connectivity index (χ2n) is 6.84. The first-order valence-corrected chi connectivity index (χ1v) is 9.47. The van der Waals surface area contributed by atoms with Gasteiger partial charge in [-0.15, -0.1) is 0 Å². The van der Waals surface area contributed by atoms with Crippen LogP contribution < -0.4 is 4.90 Å². The van der Waals surface area contributed by atoms with Crippen molar-refractivity contribution in [2.24, 2.45) is 5.92 Å². The third-order valence-corrected chi connectivity index (χ3v) is 5.03. The van der Waals surface area contributed by atoms with Crippen molar-refractivity contribution in [3.63, 3.8) is 0 Å². The average molecular weight is 374 g/mol. The van der Waals surface area contributed by atoms with E-state index in [9.17, 15) is 4.79 Å². The molecule has 0 spiro atoms. The Balaban J connectivity index is 1.44. The Bertz CT molecular complexity index is 843. The fourth-order valence-electron chi connectivity index (χ4n) is 3.50. The minimum Gasteiger partial charge on any atom is -0.452 e. The number of anilines is 1. The summed E-state index contributed by atoms with van der Waals surface area (Å²) in [5.74, 6) is 0.583. The second kappa shape index (κ2) is 8.61. The molecule has 142 valence electrons. The number of hydrogen-bond acceptors (Lipinski definition) is 6. The second-order valence-corrected chi connectivity index (χ2v) is 6.84. The fraction of sp³-hybridized carbons (Fsp3) is 0.273. The molecule has 0 amide bonds. The van der Waals surface area contributed by atoms with E-state index in [-0.39, 0.29) is 11.9 Å². The maximum absolute atomic E-state index is 12.9. The first-order valence-electron chi connectivity index (χ1n) is 9.47. The Kier molecular flexibility index (Phi) is 5.56. The van der Waals surface area contributed by atoms with E-state index >= 15 is 0 Å². The van der Waals surface area contributed by atoms with Crippen LogP contribution in [0.15, 0.2) is 73.4 Å². The molecule has 1 unspecified atom stereocenters. The van der Waals surface area contributed by atoms with Crippen LogP contribution in [0.3, 0.4) is 0 Å². The van der Waals surface area contributed by atoms with E-state index in [1.54, 1.807) is 31.0 Å². The molecule has 2 aromatic heterocycles. The van der Waals surface area contributed by atoms with Crippen molar-refractivity contribution in [1.82, 2.24) is 15.0 Å². The van der Waals surface area contributed by atoms with Gasteiger partial charge in [-0.1, -0.05) is 36.4 Å². The SMILES string of the molecule is O=C(OC(c1ccccc1)c1cccnc1)C1CCN(c2cnccn2)CC1. The molecule has 0 N–H and O–H groups in total. The molecule has 6 heteroatoms. The maximum Gasteiger partial charge on any atom is 0.310 e. The number of nitrogens with zero attached hydrogens (tertiary/aromatic N) is 4. The Morgan fingerprint density at radius 1 is 0.929 bits per heavy atom. The standard InChI is InChI=1S/C22H22N4O2/c27-22(18-8-13-26(14-9-18)20-16-24-11-12-25-20)28-21(17-5-2-1-3-6-17)19-7-4-10-23-15-19/h1-7,10-12,15-16,18,21H,8-9,13-14H2. The van der Waals surface area contributed by atoms with Crippen LogP contribution in [0.25, 0.3) is 0 Å². The van der Waals surface area contributed by atoms with Gasteiger partial charge >= 0.3 is 5.97 Å². The van der Waals surface area contributed by atoms with Crippen LogP contribution >= 0.6 is 0 Å². The number of aromatic nitrogens is 3. The highest BCUT2D eigenvalue weighted by Gasteiger charge is 2.29. The number of hydrogen-bond donors (Lipinski definition) is 0. The molecule has 1 aliphatic heterocycles. The molecule has 6 nitrogen and oxygen atoms in total. The molecule has 0 aliphatic carbocycles. The van der Waals surface area contributed by atoms with E-state index in [2.05, 4.69) is 19.9 Å². The van der Waals surface area contributed by atoms with Gasteiger partial charge in [0.25, 0.3) is 0 Å². The summed E-state index contributed by atoms with van der Waals surface area (Å²) in [5.41, 5.74) is 1.82. The van der Waals surface area contributed by atoms with E-state index in [1.165, 1.54) is 0 Å². The molecular weight excluding hydrogens is 352 g/mol. The first kappa shape index (κ1) is 18.1. The minimum atomic E-state index is -0.444. The van der Waals surface area contributed by atoms with Gasteiger partial charge in [0.2, 0.25) is 0 Å². The highest BCUT2D eigenvalue weighted by atomic mass is 16.5. The normalized spacial score (nSPS) is 15.8. The Hall–Kier alpha value is -3.28. The molecule has 4 rings (SSSR count). The summed E-state index contributed by atoms with van der Waals surface area (Å²) in [5, 5.41) is 0. The lowest BCUT2D eigenvalue weighted by Gasteiger charge is -2.32. The number of piperidine rings is 1. The number of pyridine rings is 1.